The minimum Gasteiger partial charge on any atom is -0.466 e. The maximum atomic E-state index is 12.4. The fourth-order valence-corrected chi connectivity index (χ4v) is 10.0. The number of nitrogens with one attached hydrogen (secondary N) is 1. The standard InChI is InChI=1S/C65H125NO5/c1-3-5-7-9-11-13-15-17-18-32-35-39-43-47-51-55-59-65(70)71-60-56-52-48-44-40-36-33-30-28-26-24-22-20-19-21-23-25-27-29-31-34-38-42-46-50-54-58-64(69)66-62(61-67)63(68)57-53-49-45-41-37-16-14-12-10-8-6-4-2/h18,32,53,57,62-63,67-68H,3-17,19-31,33-52,54-56,58-61H2,1-2H3,(H,66,69)/b32-18-,57-53+. The lowest BCUT2D eigenvalue weighted by atomic mass is 10.0. The van der Waals surface area contributed by atoms with Gasteiger partial charge in [-0.1, -0.05) is 308 Å². The third-order valence-corrected chi connectivity index (χ3v) is 15.0. The molecule has 0 saturated carbocycles. The van der Waals surface area contributed by atoms with Gasteiger partial charge in [0.05, 0.1) is 25.4 Å². The molecule has 6 nitrogen and oxygen atoms in total. The van der Waals surface area contributed by atoms with Gasteiger partial charge in [-0.05, 0) is 57.8 Å². The van der Waals surface area contributed by atoms with Crippen molar-refractivity contribution in [1.82, 2.24) is 5.32 Å². The molecule has 71 heavy (non-hydrogen) atoms. The molecular formula is C65H125NO5. The van der Waals surface area contributed by atoms with Gasteiger partial charge in [-0.15, -0.1) is 0 Å². The zero-order chi connectivity index (χ0) is 51.4. The van der Waals surface area contributed by atoms with E-state index >= 15 is 0 Å². The Morgan fingerprint density at radius 3 is 1.00 bits per heavy atom. The van der Waals surface area contributed by atoms with E-state index in [2.05, 4.69) is 31.3 Å². The number of ether oxygens (including phenoxy) is 1. The number of carbonyl (C=O) groups excluding carboxylic acids is 2. The number of rotatable bonds is 60. The van der Waals surface area contributed by atoms with Gasteiger partial charge in [-0.25, -0.2) is 0 Å². The number of carbonyl (C=O) groups is 2. The predicted octanol–water partition coefficient (Wildman–Crippen LogP) is 20.2. The van der Waals surface area contributed by atoms with Gasteiger partial charge in [0.15, 0.2) is 0 Å². The van der Waals surface area contributed by atoms with Crippen LogP contribution in [0, 0.1) is 0 Å². The van der Waals surface area contributed by atoms with Crippen LogP contribution in [0.3, 0.4) is 0 Å². The van der Waals surface area contributed by atoms with Crippen molar-refractivity contribution in [3.05, 3.63) is 24.3 Å². The van der Waals surface area contributed by atoms with Crippen LogP contribution in [0.4, 0.5) is 0 Å². The molecule has 0 aromatic carbocycles. The molecule has 0 aromatic rings. The van der Waals surface area contributed by atoms with Crippen molar-refractivity contribution in [3.63, 3.8) is 0 Å². The third kappa shape index (κ3) is 57.5. The summed E-state index contributed by atoms with van der Waals surface area (Å²) >= 11 is 0. The van der Waals surface area contributed by atoms with E-state index in [4.69, 9.17) is 4.74 Å². The highest BCUT2D eigenvalue weighted by Gasteiger charge is 2.18. The quantitative estimate of drug-likeness (QED) is 0.0320. The second-order valence-electron chi connectivity index (χ2n) is 22.1. The predicted molar refractivity (Wildman–Crippen MR) is 310 cm³/mol. The second-order valence-corrected chi connectivity index (χ2v) is 22.1. The molecule has 2 atom stereocenters. The fourth-order valence-electron chi connectivity index (χ4n) is 10.0. The Morgan fingerprint density at radius 2 is 0.662 bits per heavy atom. The molecule has 3 N–H and O–H groups in total. The van der Waals surface area contributed by atoms with Crippen molar-refractivity contribution in [1.29, 1.82) is 0 Å². The minimum atomic E-state index is -0.841. The molecule has 2 unspecified atom stereocenters. The zero-order valence-electron chi connectivity index (χ0n) is 48.0. The molecule has 0 aliphatic heterocycles. The van der Waals surface area contributed by atoms with Crippen molar-refractivity contribution in [3.8, 4) is 0 Å². The number of unbranched alkanes of at least 4 members (excludes halogenated alkanes) is 47. The van der Waals surface area contributed by atoms with E-state index in [1.165, 1.54) is 283 Å². The van der Waals surface area contributed by atoms with Crippen molar-refractivity contribution in [2.45, 2.75) is 366 Å². The molecule has 0 spiro atoms. The summed E-state index contributed by atoms with van der Waals surface area (Å²) in [6.07, 6.45) is 75.2. The monoisotopic (exact) mass is 1000 g/mol. The maximum absolute atomic E-state index is 12.4. The Bertz CT molecular complexity index is 1110. The van der Waals surface area contributed by atoms with Crippen molar-refractivity contribution in [2.24, 2.45) is 0 Å². The zero-order valence-corrected chi connectivity index (χ0v) is 48.0. The van der Waals surface area contributed by atoms with Gasteiger partial charge in [0.1, 0.15) is 0 Å². The highest BCUT2D eigenvalue weighted by molar-refractivity contribution is 5.76. The van der Waals surface area contributed by atoms with Gasteiger partial charge in [0.2, 0.25) is 5.91 Å². The molecule has 0 heterocycles. The first-order valence-corrected chi connectivity index (χ1v) is 32.1. The van der Waals surface area contributed by atoms with Crippen LogP contribution < -0.4 is 5.32 Å². The third-order valence-electron chi connectivity index (χ3n) is 15.0. The Hall–Kier alpha value is -1.66. The Balaban J connectivity index is 3.35. The molecule has 6 heteroatoms. The van der Waals surface area contributed by atoms with Crippen molar-refractivity contribution < 1.29 is 24.5 Å². The first-order valence-electron chi connectivity index (χ1n) is 32.1. The van der Waals surface area contributed by atoms with Crippen LogP contribution in [-0.4, -0.2) is 47.4 Å². The average Bonchev–Trinajstić information content (AvgIpc) is 3.37. The molecule has 0 rings (SSSR count). The van der Waals surface area contributed by atoms with Gasteiger partial charge < -0.3 is 20.3 Å². The Labute approximate surface area is 443 Å². The molecule has 0 aliphatic rings. The number of esters is 1. The molecular weight excluding hydrogens is 875 g/mol. The van der Waals surface area contributed by atoms with Crippen LogP contribution in [0.2, 0.25) is 0 Å². The number of amides is 1. The number of aliphatic hydroxyl groups is 2. The number of allylic oxidation sites excluding steroid dienone is 3. The van der Waals surface area contributed by atoms with Crippen molar-refractivity contribution in [2.75, 3.05) is 13.2 Å². The van der Waals surface area contributed by atoms with E-state index in [0.29, 0.717) is 19.4 Å². The summed E-state index contributed by atoms with van der Waals surface area (Å²) in [6, 6.07) is -0.625. The van der Waals surface area contributed by atoms with Crippen LogP contribution in [0.25, 0.3) is 0 Å². The summed E-state index contributed by atoms with van der Waals surface area (Å²) in [5.41, 5.74) is 0. The summed E-state index contributed by atoms with van der Waals surface area (Å²) in [7, 11) is 0. The van der Waals surface area contributed by atoms with E-state index in [1.807, 2.05) is 6.08 Å². The van der Waals surface area contributed by atoms with Crippen molar-refractivity contribution >= 4 is 11.9 Å². The summed E-state index contributed by atoms with van der Waals surface area (Å²) < 4.78 is 5.49. The van der Waals surface area contributed by atoms with E-state index in [0.717, 1.165) is 44.9 Å². The smallest absolute Gasteiger partial charge is 0.305 e. The van der Waals surface area contributed by atoms with E-state index in [9.17, 15) is 19.8 Å². The van der Waals surface area contributed by atoms with Crippen LogP contribution in [-0.2, 0) is 14.3 Å². The molecule has 0 aliphatic carbocycles. The summed E-state index contributed by atoms with van der Waals surface area (Å²) in [4.78, 5) is 24.5. The minimum absolute atomic E-state index is 0.00977. The number of hydrogen-bond acceptors (Lipinski definition) is 5. The molecule has 0 saturated heterocycles. The largest absolute Gasteiger partial charge is 0.466 e. The second kappa shape index (κ2) is 60.9. The summed E-state index contributed by atoms with van der Waals surface area (Å²) in [5.74, 6) is -0.0555. The lowest BCUT2D eigenvalue weighted by Crippen LogP contribution is -2.45. The molecule has 420 valence electrons. The topological polar surface area (TPSA) is 95.9 Å². The first-order chi connectivity index (χ1) is 35.0. The Kier molecular flexibility index (Phi) is 59.5. The van der Waals surface area contributed by atoms with Gasteiger partial charge >= 0.3 is 5.97 Å². The number of aliphatic hydroxyl groups excluding tert-OH is 2. The lowest BCUT2D eigenvalue weighted by Gasteiger charge is -2.20. The molecule has 0 radical (unpaired) electrons. The summed E-state index contributed by atoms with van der Waals surface area (Å²) in [5, 5.41) is 23.1. The highest BCUT2D eigenvalue weighted by atomic mass is 16.5. The van der Waals surface area contributed by atoms with Gasteiger partial charge in [-0.2, -0.15) is 0 Å². The van der Waals surface area contributed by atoms with E-state index < -0.39 is 12.1 Å². The van der Waals surface area contributed by atoms with E-state index in [1.54, 1.807) is 6.08 Å². The normalized spacial score (nSPS) is 12.7. The van der Waals surface area contributed by atoms with Gasteiger partial charge in [-0.3, -0.25) is 9.59 Å². The number of hydrogen-bond donors (Lipinski definition) is 3. The molecule has 0 bridgehead atoms. The average molecular weight is 1000 g/mol. The lowest BCUT2D eigenvalue weighted by molar-refractivity contribution is -0.143. The fraction of sp³-hybridized carbons (Fsp3) is 0.908. The molecule has 0 fully saturated rings. The maximum Gasteiger partial charge on any atom is 0.305 e. The van der Waals surface area contributed by atoms with Crippen LogP contribution >= 0.6 is 0 Å². The van der Waals surface area contributed by atoms with Crippen LogP contribution in [0.15, 0.2) is 24.3 Å². The van der Waals surface area contributed by atoms with E-state index in [-0.39, 0.29) is 18.5 Å². The molecule has 1 amide bonds. The summed E-state index contributed by atoms with van der Waals surface area (Å²) in [6.45, 7) is 4.91. The Morgan fingerprint density at radius 1 is 0.380 bits per heavy atom. The highest BCUT2D eigenvalue weighted by Crippen LogP contribution is 2.18. The SMILES string of the molecule is CCCCCCCCC/C=C\CCCCCCCC(=O)OCCCCCCCCCCCCCCCCCCCCCCCCCCCCC(=O)NC(CO)C(O)/C=C/CCCCCCCCCCCC. The molecule has 0 aromatic heterocycles. The van der Waals surface area contributed by atoms with Gasteiger partial charge in [0, 0.05) is 12.8 Å². The first kappa shape index (κ1) is 69.3. The van der Waals surface area contributed by atoms with Crippen LogP contribution in [0.1, 0.15) is 354 Å². The van der Waals surface area contributed by atoms with Crippen LogP contribution in [0.5, 0.6) is 0 Å². The van der Waals surface area contributed by atoms with Gasteiger partial charge in [0.25, 0.3) is 0 Å².